The van der Waals surface area contributed by atoms with Crippen molar-refractivity contribution >= 4 is 17.9 Å². The van der Waals surface area contributed by atoms with Crippen LogP contribution in [0.4, 0.5) is 0 Å². The fraction of sp³-hybridized carbons (Fsp3) is 0.768. The van der Waals surface area contributed by atoms with Gasteiger partial charge < -0.3 is 28.6 Å². The number of quaternary nitrogens is 1. The summed E-state index contributed by atoms with van der Waals surface area (Å²) in [6, 6.07) is -0.729. The maximum Gasteiger partial charge on any atom is 0.306 e. The topological polar surface area (TPSA) is 102 Å². The first-order valence-corrected chi connectivity index (χ1v) is 26.3. The SMILES string of the molecule is CC/C=C/C/C=C/C/C=C/C/C=C/CCCCCCCCCCCCC(=O)OCC(COCCC(C(=O)[O-])[N+](C)(C)C)OC(=O)CCCCCCCCC/C=C/CCCCCCCC. The van der Waals surface area contributed by atoms with Crippen LogP contribution < -0.4 is 5.11 Å². The van der Waals surface area contributed by atoms with Gasteiger partial charge >= 0.3 is 11.9 Å². The minimum Gasteiger partial charge on any atom is -0.544 e. The third-order valence-electron chi connectivity index (χ3n) is 11.6. The first kappa shape index (κ1) is 61.0. The molecule has 0 aliphatic heterocycles. The second-order valence-corrected chi connectivity index (χ2v) is 18.7. The molecule has 0 rings (SSSR count). The molecule has 0 aromatic carbocycles. The van der Waals surface area contributed by atoms with Gasteiger partial charge in [0, 0.05) is 19.3 Å². The van der Waals surface area contributed by atoms with E-state index < -0.39 is 18.1 Å². The molecular formula is C56H99NO7. The molecule has 2 atom stereocenters. The van der Waals surface area contributed by atoms with E-state index in [0.29, 0.717) is 12.8 Å². The average molecular weight is 898 g/mol. The summed E-state index contributed by atoms with van der Waals surface area (Å²) in [5.74, 6) is -1.74. The molecule has 64 heavy (non-hydrogen) atoms. The third-order valence-corrected chi connectivity index (χ3v) is 11.6. The van der Waals surface area contributed by atoms with Crippen molar-refractivity contribution in [3.8, 4) is 0 Å². The van der Waals surface area contributed by atoms with Gasteiger partial charge in [0.25, 0.3) is 0 Å². The summed E-state index contributed by atoms with van der Waals surface area (Å²) in [5.41, 5.74) is 0. The number of rotatable bonds is 47. The Bertz CT molecular complexity index is 1230. The van der Waals surface area contributed by atoms with Crippen LogP contribution >= 0.6 is 0 Å². The molecular weight excluding hydrogens is 799 g/mol. The van der Waals surface area contributed by atoms with Crippen LogP contribution in [0.3, 0.4) is 0 Å². The molecule has 0 bridgehead atoms. The van der Waals surface area contributed by atoms with Crippen molar-refractivity contribution < 1.29 is 38.2 Å². The van der Waals surface area contributed by atoms with E-state index in [-0.39, 0.29) is 42.7 Å². The quantitative estimate of drug-likeness (QED) is 0.0259. The number of allylic oxidation sites excluding steroid dienone is 10. The van der Waals surface area contributed by atoms with E-state index in [9.17, 15) is 19.5 Å². The summed E-state index contributed by atoms with van der Waals surface area (Å²) in [6.07, 6.45) is 58.2. The van der Waals surface area contributed by atoms with Crippen LogP contribution in [0.15, 0.2) is 60.8 Å². The summed E-state index contributed by atoms with van der Waals surface area (Å²) >= 11 is 0. The molecule has 0 aliphatic carbocycles. The molecule has 0 heterocycles. The van der Waals surface area contributed by atoms with Gasteiger partial charge in [0.1, 0.15) is 12.6 Å². The average Bonchev–Trinajstić information content (AvgIpc) is 3.26. The van der Waals surface area contributed by atoms with Crippen molar-refractivity contribution in [1.29, 1.82) is 0 Å². The molecule has 0 fully saturated rings. The molecule has 0 aromatic rings. The molecule has 0 aliphatic rings. The number of likely N-dealkylation sites (N-methyl/N-ethyl adjacent to an activating group) is 1. The lowest BCUT2D eigenvalue weighted by atomic mass is 10.1. The van der Waals surface area contributed by atoms with Gasteiger partial charge in [-0.2, -0.15) is 0 Å². The van der Waals surface area contributed by atoms with Gasteiger partial charge in [0.2, 0.25) is 0 Å². The van der Waals surface area contributed by atoms with Gasteiger partial charge in [0.05, 0.1) is 40.3 Å². The summed E-state index contributed by atoms with van der Waals surface area (Å²) in [5, 5.41) is 11.7. The van der Waals surface area contributed by atoms with Crippen molar-refractivity contribution in [3.63, 3.8) is 0 Å². The minimum absolute atomic E-state index is 0.0372. The van der Waals surface area contributed by atoms with Crippen molar-refractivity contribution in [1.82, 2.24) is 0 Å². The maximum atomic E-state index is 12.8. The lowest BCUT2D eigenvalue weighted by Gasteiger charge is -2.34. The Balaban J connectivity index is 4.22. The number of carboxylic acids is 1. The van der Waals surface area contributed by atoms with Gasteiger partial charge in [-0.3, -0.25) is 9.59 Å². The van der Waals surface area contributed by atoms with Crippen LogP contribution in [-0.2, 0) is 28.6 Å². The standard InChI is InChI=1S/C56H99NO7/c1-6-8-10-12-14-16-18-20-22-24-25-26-27-28-29-31-32-34-36-38-40-42-44-46-54(58)63-51-52(50-62-49-48-53(56(60)61)57(3,4)5)64-55(59)47-45-43-41-39-37-35-33-30-23-21-19-17-15-13-11-9-7-2/h8,10,14,16,20-23,25-26,52-53H,6-7,9,11-13,15,17-19,24,27-51H2,1-5H3/b10-8+,16-14+,22-20+,23-21+,26-25+. The summed E-state index contributed by atoms with van der Waals surface area (Å²) in [7, 11) is 5.41. The third kappa shape index (κ3) is 44.2. The Labute approximate surface area is 394 Å². The zero-order valence-corrected chi connectivity index (χ0v) is 42.2. The normalized spacial score (nSPS) is 13.3. The summed E-state index contributed by atoms with van der Waals surface area (Å²) in [6.45, 7) is 4.56. The first-order chi connectivity index (χ1) is 31.1. The monoisotopic (exact) mass is 898 g/mol. The van der Waals surface area contributed by atoms with Crippen molar-refractivity contribution in [2.24, 2.45) is 0 Å². The van der Waals surface area contributed by atoms with Crippen LogP contribution in [0.1, 0.15) is 226 Å². The highest BCUT2D eigenvalue weighted by Crippen LogP contribution is 2.15. The second kappa shape index (κ2) is 46.6. The maximum absolute atomic E-state index is 12.8. The zero-order chi connectivity index (χ0) is 47.0. The minimum atomic E-state index is -1.13. The molecule has 0 amide bonds. The first-order valence-electron chi connectivity index (χ1n) is 26.3. The number of carbonyl (C=O) groups is 3. The van der Waals surface area contributed by atoms with Crippen LogP contribution in [0, 0.1) is 0 Å². The Morgan fingerprint density at radius 2 is 0.875 bits per heavy atom. The van der Waals surface area contributed by atoms with E-state index in [0.717, 1.165) is 64.2 Å². The lowest BCUT2D eigenvalue weighted by molar-refractivity contribution is -0.889. The molecule has 2 unspecified atom stereocenters. The summed E-state index contributed by atoms with van der Waals surface area (Å²) in [4.78, 5) is 37.1. The molecule has 0 radical (unpaired) electrons. The zero-order valence-electron chi connectivity index (χ0n) is 42.2. The molecule has 8 heteroatoms. The fourth-order valence-electron chi connectivity index (χ4n) is 7.59. The highest BCUT2D eigenvalue weighted by Gasteiger charge is 2.25. The number of carboxylic acid groups (broad SMARTS) is 1. The number of hydrogen-bond acceptors (Lipinski definition) is 7. The number of unbranched alkanes of at least 4 members (excludes halogenated alkanes) is 23. The van der Waals surface area contributed by atoms with Crippen LogP contribution in [-0.4, -0.2) is 75.5 Å². The van der Waals surface area contributed by atoms with E-state index in [4.69, 9.17) is 14.2 Å². The number of aliphatic carboxylic acids is 1. The number of hydrogen-bond donors (Lipinski definition) is 0. The number of carbonyl (C=O) groups excluding carboxylic acids is 3. The predicted molar refractivity (Wildman–Crippen MR) is 268 cm³/mol. The van der Waals surface area contributed by atoms with Gasteiger partial charge in [-0.05, 0) is 77.0 Å². The fourth-order valence-corrected chi connectivity index (χ4v) is 7.59. The Morgan fingerprint density at radius 1 is 0.484 bits per heavy atom. The Hall–Kier alpha value is -2.97. The van der Waals surface area contributed by atoms with Gasteiger partial charge in [-0.1, -0.05) is 190 Å². The molecule has 0 saturated heterocycles. The smallest absolute Gasteiger partial charge is 0.306 e. The van der Waals surface area contributed by atoms with Crippen LogP contribution in [0.5, 0.6) is 0 Å². The molecule has 370 valence electrons. The molecule has 0 N–H and O–H groups in total. The molecule has 0 aromatic heterocycles. The van der Waals surface area contributed by atoms with E-state index in [2.05, 4.69) is 74.6 Å². The number of nitrogens with zero attached hydrogens (tertiary/aromatic N) is 1. The predicted octanol–water partition coefficient (Wildman–Crippen LogP) is 14.0. The lowest BCUT2D eigenvalue weighted by Crippen LogP contribution is -2.55. The molecule has 0 spiro atoms. The number of ether oxygens (including phenoxy) is 3. The summed E-state index contributed by atoms with van der Waals surface area (Å²) < 4.78 is 17.3. The second-order valence-electron chi connectivity index (χ2n) is 18.7. The van der Waals surface area contributed by atoms with Gasteiger partial charge in [-0.15, -0.1) is 0 Å². The van der Waals surface area contributed by atoms with Crippen molar-refractivity contribution in [2.75, 3.05) is 41.0 Å². The molecule has 8 nitrogen and oxygen atoms in total. The largest absolute Gasteiger partial charge is 0.544 e. The van der Waals surface area contributed by atoms with Crippen molar-refractivity contribution in [3.05, 3.63) is 60.8 Å². The van der Waals surface area contributed by atoms with Crippen LogP contribution in [0.2, 0.25) is 0 Å². The van der Waals surface area contributed by atoms with Crippen molar-refractivity contribution in [2.45, 2.75) is 238 Å². The van der Waals surface area contributed by atoms with E-state index in [1.165, 1.54) is 128 Å². The number of esters is 2. The molecule has 0 saturated carbocycles. The Morgan fingerprint density at radius 3 is 1.31 bits per heavy atom. The van der Waals surface area contributed by atoms with Gasteiger partial charge in [0.15, 0.2) is 6.10 Å². The van der Waals surface area contributed by atoms with E-state index >= 15 is 0 Å². The highest BCUT2D eigenvalue weighted by atomic mass is 16.6. The van der Waals surface area contributed by atoms with Gasteiger partial charge in [-0.25, -0.2) is 0 Å². The van der Waals surface area contributed by atoms with Crippen LogP contribution in [0.25, 0.3) is 0 Å². The highest BCUT2D eigenvalue weighted by molar-refractivity contribution is 5.70. The Kier molecular flexibility index (Phi) is 44.4. The van der Waals surface area contributed by atoms with E-state index in [1.54, 1.807) is 21.1 Å². The van der Waals surface area contributed by atoms with E-state index in [1.807, 2.05) is 0 Å².